The Labute approximate surface area is 153 Å². The number of alkyl halides is 3. The molecule has 0 bridgehead atoms. The number of halogens is 3. The minimum atomic E-state index is -4.84. The number of aliphatic hydroxyl groups is 1. The lowest BCUT2D eigenvalue weighted by molar-refractivity contribution is -0.268. The van der Waals surface area contributed by atoms with Crippen molar-refractivity contribution in [1.82, 2.24) is 5.32 Å². The standard InChI is InChI=1S/C19H18F3NO2S/c20-19(21,22)18(25,14-7-2-1-3-8-14)10-11-23-17(24)16-12-13-6-4-5-9-15(13)26-16/h1-9,16,25H,10-12H2,(H,23,24)/t16-,18-/m0/s1. The molecule has 1 aliphatic heterocycles. The van der Waals surface area contributed by atoms with E-state index in [1.165, 1.54) is 36.0 Å². The van der Waals surface area contributed by atoms with Gasteiger partial charge >= 0.3 is 6.18 Å². The average molecular weight is 381 g/mol. The van der Waals surface area contributed by atoms with Crippen LogP contribution in [0.3, 0.4) is 0 Å². The van der Waals surface area contributed by atoms with Crippen LogP contribution in [0.5, 0.6) is 0 Å². The second-order valence-corrected chi connectivity index (χ2v) is 7.43. The summed E-state index contributed by atoms with van der Waals surface area (Å²) in [4.78, 5) is 13.3. The molecule has 0 radical (unpaired) electrons. The van der Waals surface area contributed by atoms with Gasteiger partial charge in [-0.1, -0.05) is 48.5 Å². The van der Waals surface area contributed by atoms with E-state index < -0.39 is 18.2 Å². The van der Waals surface area contributed by atoms with Crippen molar-refractivity contribution in [2.24, 2.45) is 0 Å². The van der Waals surface area contributed by atoms with E-state index in [-0.39, 0.29) is 23.3 Å². The summed E-state index contributed by atoms with van der Waals surface area (Å²) in [5.74, 6) is -0.316. The SMILES string of the molecule is O=C(NCC[C@](O)(c1ccccc1)C(F)(F)F)[C@@H]1Cc2ccccc2S1. The topological polar surface area (TPSA) is 49.3 Å². The summed E-state index contributed by atoms with van der Waals surface area (Å²) in [5, 5.41) is 12.4. The summed E-state index contributed by atoms with van der Waals surface area (Å²) >= 11 is 1.41. The maximum atomic E-state index is 13.4. The van der Waals surface area contributed by atoms with Crippen molar-refractivity contribution in [3.05, 3.63) is 65.7 Å². The second kappa shape index (κ2) is 7.32. The van der Waals surface area contributed by atoms with E-state index in [1.54, 1.807) is 6.07 Å². The number of rotatable bonds is 5. The first-order chi connectivity index (χ1) is 12.3. The van der Waals surface area contributed by atoms with Crippen LogP contribution < -0.4 is 5.32 Å². The summed E-state index contributed by atoms with van der Waals surface area (Å²) < 4.78 is 40.3. The molecule has 0 fully saturated rings. The average Bonchev–Trinajstić information content (AvgIpc) is 3.05. The van der Waals surface area contributed by atoms with Gasteiger partial charge in [0.25, 0.3) is 0 Å². The third kappa shape index (κ3) is 3.73. The molecule has 138 valence electrons. The van der Waals surface area contributed by atoms with E-state index in [1.807, 2.05) is 24.3 Å². The fraction of sp³-hybridized carbons (Fsp3) is 0.316. The van der Waals surface area contributed by atoms with Crippen LogP contribution in [0, 0.1) is 0 Å². The van der Waals surface area contributed by atoms with E-state index in [0.29, 0.717) is 6.42 Å². The second-order valence-electron chi connectivity index (χ2n) is 6.18. The first kappa shape index (κ1) is 18.8. The Kier molecular flexibility index (Phi) is 5.29. The lowest BCUT2D eigenvalue weighted by Gasteiger charge is -2.31. The Bertz CT molecular complexity index is 757. The van der Waals surface area contributed by atoms with Gasteiger partial charge < -0.3 is 10.4 Å². The van der Waals surface area contributed by atoms with Crippen molar-refractivity contribution in [1.29, 1.82) is 0 Å². The van der Waals surface area contributed by atoms with Gasteiger partial charge in [-0.05, 0) is 23.6 Å². The van der Waals surface area contributed by atoms with Crippen LogP contribution in [0.15, 0.2) is 59.5 Å². The number of amides is 1. The van der Waals surface area contributed by atoms with Crippen LogP contribution in [-0.4, -0.2) is 29.0 Å². The maximum absolute atomic E-state index is 13.4. The van der Waals surface area contributed by atoms with Crippen molar-refractivity contribution < 1.29 is 23.1 Å². The third-order valence-corrected chi connectivity index (χ3v) is 5.76. The normalized spacial score (nSPS) is 18.8. The molecule has 2 aromatic rings. The van der Waals surface area contributed by atoms with Crippen LogP contribution >= 0.6 is 11.8 Å². The van der Waals surface area contributed by atoms with Gasteiger partial charge in [-0.15, -0.1) is 11.8 Å². The minimum absolute atomic E-state index is 0.232. The molecule has 1 heterocycles. The molecule has 0 spiro atoms. The minimum Gasteiger partial charge on any atom is -0.376 e. The van der Waals surface area contributed by atoms with Crippen molar-refractivity contribution >= 4 is 17.7 Å². The Morgan fingerprint density at radius 1 is 1.12 bits per heavy atom. The number of benzene rings is 2. The Balaban J connectivity index is 1.62. The predicted octanol–water partition coefficient (Wildman–Crippen LogP) is 3.66. The predicted molar refractivity (Wildman–Crippen MR) is 93.8 cm³/mol. The third-order valence-electron chi connectivity index (χ3n) is 4.45. The fourth-order valence-corrected chi connectivity index (χ4v) is 4.19. The molecule has 0 aromatic heterocycles. The Morgan fingerprint density at radius 2 is 1.77 bits per heavy atom. The zero-order valence-corrected chi connectivity index (χ0v) is 14.6. The van der Waals surface area contributed by atoms with Gasteiger partial charge in [0.15, 0.2) is 5.60 Å². The molecule has 7 heteroatoms. The highest BCUT2D eigenvalue weighted by atomic mass is 32.2. The molecule has 0 unspecified atom stereocenters. The first-order valence-corrected chi connectivity index (χ1v) is 9.06. The maximum Gasteiger partial charge on any atom is 0.421 e. The van der Waals surface area contributed by atoms with Gasteiger partial charge in [0.2, 0.25) is 5.91 Å². The van der Waals surface area contributed by atoms with Crippen molar-refractivity contribution in [3.8, 4) is 0 Å². The number of hydrogen-bond acceptors (Lipinski definition) is 3. The number of nitrogens with one attached hydrogen (secondary N) is 1. The summed E-state index contributed by atoms with van der Waals surface area (Å²) in [6.07, 6.45) is -4.93. The molecule has 0 aliphatic carbocycles. The van der Waals surface area contributed by atoms with Crippen LogP contribution in [0.4, 0.5) is 13.2 Å². The molecule has 26 heavy (non-hydrogen) atoms. The molecule has 3 rings (SSSR count). The number of carbonyl (C=O) groups is 1. The molecule has 2 atom stereocenters. The number of thioether (sulfide) groups is 1. The van der Waals surface area contributed by atoms with Gasteiger partial charge in [0.05, 0.1) is 5.25 Å². The molecule has 3 nitrogen and oxygen atoms in total. The van der Waals surface area contributed by atoms with Crippen LogP contribution in [-0.2, 0) is 16.8 Å². The van der Waals surface area contributed by atoms with Crippen LogP contribution in [0.2, 0.25) is 0 Å². The van der Waals surface area contributed by atoms with Gasteiger partial charge in [0, 0.05) is 17.9 Å². The summed E-state index contributed by atoms with van der Waals surface area (Å²) in [5.41, 5.74) is -2.16. The smallest absolute Gasteiger partial charge is 0.376 e. The molecular formula is C19H18F3NO2S. The summed E-state index contributed by atoms with van der Waals surface area (Å²) in [6.45, 7) is -0.267. The zero-order chi connectivity index (χ0) is 18.8. The molecular weight excluding hydrogens is 363 g/mol. The number of carbonyl (C=O) groups excluding carboxylic acids is 1. The Morgan fingerprint density at radius 3 is 2.42 bits per heavy atom. The van der Waals surface area contributed by atoms with E-state index >= 15 is 0 Å². The fourth-order valence-electron chi connectivity index (χ4n) is 2.97. The van der Waals surface area contributed by atoms with Crippen molar-refractivity contribution in [3.63, 3.8) is 0 Å². The largest absolute Gasteiger partial charge is 0.421 e. The molecule has 1 aliphatic rings. The zero-order valence-electron chi connectivity index (χ0n) is 13.8. The van der Waals surface area contributed by atoms with Gasteiger partial charge in [-0.25, -0.2) is 0 Å². The summed E-state index contributed by atoms with van der Waals surface area (Å²) in [7, 11) is 0. The van der Waals surface area contributed by atoms with Gasteiger partial charge in [-0.2, -0.15) is 13.2 Å². The molecule has 0 saturated heterocycles. The lowest BCUT2D eigenvalue weighted by Crippen LogP contribution is -2.45. The quantitative estimate of drug-likeness (QED) is 0.831. The van der Waals surface area contributed by atoms with E-state index in [4.69, 9.17) is 0 Å². The van der Waals surface area contributed by atoms with Crippen molar-refractivity contribution in [2.75, 3.05) is 6.54 Å². The monoisotopic (exact) mass is 381 g/mol. The van der Waals surface area contributed by atoms with Crippen LogP contribution in [0.25, 0.3) is 0 Å². The highest BCUT2D eigenvalue weighted by Gasteiger charge is 2.54. The molecule has 1 amide bonds. The van der Waals surface area contributed by atoms with Crippen molar-refractivity contribution in [2.45, 2.75) is 34.8 Å². The highest BCUT2D eigenvalue weighted by molar-refractivity contribution is 8.01. The first-order valence-electron chi connectivity index (χ1n) is 8.18. The highest BCUT2D eigenvalue weighted by Crippen LogP contribution is 2.41. The molecule has 2 N–H and O–H groups in total. The lowest BCUT2D eigenvalue weighted by atomic mass is 9.89. The summed E-state index contributed by atoms with van der Waals surface area (Å²) in [6, 6.07) is 14.6. The van der Waals surface area contributed by atoms with E-state index in [0.717, 1.165) is 10.5 Å². The van der Waals surface area contributed by atoms with Gasteiger partial charge in [0.1, 0.15) is 0 Å². The number of fused-ring (bicyclic) bond motifs is 1. The van der Waals surface area contributed by atoms with Crippen LogP contribution in [0.1, 0.15) is 17.5 Å². The molecule has 2 aromatic carbocycles. The molecule has 0 saturated carbocycles. The number of hydrogen-bond donors (Lipinski definition) is 2. The van der Waals surface area contributed by atoms with E-state index in [9.17, 15) is 23.1 Å². The Hall–Kier alpha value is -1.99. The van der Waals surface area contributed by atoms with Gasteiger partial charge in [-0.3, -0.25) is 4.79 Å². The van der Waals surface area contributed by atoms with E-state index in [2.05, 4.69) is 5.32 Å².